The van der Waals surface area contributed by atoms with E-state index in [9.17, 15) is 9.59 Å². The van der Waals surface area contributed by atoms with Crippen LogP contribution in [0, 0.1) is 0 Å². The van der Waals surface area contributed by atoms with Gasteiger partial charge in [-0.3, -0.25) is 9.59 Å². The monoisotopic (exact) mass is 595 g/mol. The number of carbonyl (C=O) groups excluding carboxylic acids is 2. The van der Waals surface area contributed by atoms with Gasteiger partial charge in [0.25, 0.3) is 5.79 Å². The zero-order chi connectivity index (χ0) is 31.0. The van der Waals surface area contributed by atoms with Crippen LogP contribution < -0.4 is 0 Å². The van der Waals surface area contributed by atoms with E-state index in [-0.39, 0.29) is 11.9 Å². The van der Waals surface area contributed by atoms with Crippen LogP contribution in [0.25, 0.3) is 0 Å². The first-order valence-electron chi connectivity index (χ1n) is 19.0. The average molecular weight is 595 g/mol. The van der Waals surface area contributed by atoms with Gasteiger partial charge in [-0.15, -0.1) is 0 Å². The van der Waals surface area contributed by atoms with Crippen molar-refractivity contribution in [2.45, 2.75) is 233 Å². The number of rotatable bonds is 33. The number of hydrogen-bond acceptors (Lipinski definition) is 4. The quantitative estimate of drug-likeness (QED) is 0.0431. The molecule has 42 heavy (non-hydrogen) atoms. The van der Waals surface area contributed by atoms with Gasteiger partial charge in [0.15, 0.2) is 0 Å². The van der Waals surface area contributed by atoms with E-state index in [4.69, 9.17) is 9.47 Å². The van der Waals surface area contributed by atoms with Crippen LogP contribution in [0.5, 0.6) is 0 Å². The highest BCUT2D eigenvalue weighted by Crippen LogP contribution is 2.30. The fraction of sp³-hybridized carbons (Fsp3) is 0.947. The highest BCUT2D eigenvalue weighted by Gasteiger charge is 2.37. The van der Waals surface area contributed by atoms with Crippen molar-refractivity contribution >= 4 is 11.9 Å². The van der Waals surface area contributed by atoms with E-state index in [0.29, 0.717) is 25.7 Å². The van der Waals surface area contributed by atoms with E-state index in [1.54, 1.807) is 0 Å². The van der Waals surface area contributed by atoms with Crippen molar-refractivity contribution in [3.05, 3.63) is 0 Å². The Kier molecular flexibility index (Phi) is 30.6. The average Bonchev–Trinajstić information content (AvgIpc) is 2.97. The zero-order valence-corrected chi connectivity index (χ0v) is 29.1. The van der Waals surface area contributed by atoms with E-state index >= 15 is 0 Å². The Morgan fingerprint density at radius 3 is 0.952 bits per heavy atom. The highest BCUT2D eigenvalue weighted by molar-refractivity contribution is 5.72. The summed E-state index contributed by atoms with van der Waals surface area (Å²) in [6, 6.07) is 0. The number of ether oxygens (including phenoxy) is 2. The molecule has 0 aliphatic rings. The van der Waals surface area contributed by atoms with Crippen molar-refractivity contribution in [3.63, 3.8) is 0 Å². The van der Waals surface area contributed by atoms with Gasteiger partial charge in [-0.1, -0.05) is 175 Å². The summed E-state index contributed by atoms with van der Waals surface area (Å²) < 4.78 is 12.1. The van der Waals surface area contributed by atoms with Crippen LogP contribution in [0.1, 0.15) is 227 Å². The third kappa shape index (κ3) is 26.6. The lowest BCUT2D eigenvalue weighted by Gasteiger charge is -2.33. The molecule has 0 aromatic heterocycles. The molecule has 0 aromatic carbocycles. The highest BCUT2D eigenvalue weighted by atomic mass is 16.7. The first-order valence-corrected chi connectivity index (χ1v) is 19.0. The van der Waals surface area contributed by atoms with Gasteiger partial charge in [-0.05, 0) is 25.7 Å². The molecule has 0 heterocycles. The fourth-order valence-electron chi connectivity index (χ4n) is 5.82. The maximum Gasteiger partial charge on any atom is 0.309 e. The SMILES string of the molecule is CCCCCCCCCCCCCC(=O)OC(CCCC)(CCCCC)OC(=O)CCCCCCCCCCCCC. The fourth-order valence-corrected chi connectivity index (χ4v) is 5.82. The van der Waals surface area contributed by atoms with E-state index in [0.717, 1.165) is 57.8 Å². The predicted molar refractivity (Wildman–Crippen MR) is 181 cm³/mol. The van der Waals surface area contributed by atoms with Crippen molar-refractivity contribution in [2.75, 3.05) is 0 Å². The minimum absolute atomic E-state index is 0.194. The second kappa shape index (κ2) is 31.4. The molecule has 0 bridgehead atoms. The molecular weight excluding hydrogens is 520 g/mol. The molecule has 0 aliphatic heterocycles. The van der Waals surface area contributed by atoms with E-state index in [1.807, 2.05) is 0 Å². The Labute approximate surface area is 263 Å². The molecule has 0 unspecified atom stereocenters. The third-order valence-electron chi connectivity index (χ3n) is 8.64. The smallest absolute Gasteiger partial charge is 0.309 e. The van der Waals surface area contributed by atoms with Gasteiger partial charge >= 0.3 is 11.9 Å². The lowest BCUT2D eigenvalue weighted by molar-refractivity contribution is -0.235. The van der Waals surface area contributed by atoms with Gasteiger partial charge in [0.2, 0.25) is 0 Å². The summed E-state index contributed by atoms with van der Waals surface area (Å²) in [6.45, 7) is 8.84. The third-order valence-corrected chi connectivity index (χ3v) is 8.64. The minimum atomic E-state index is -1.07. The van der Waals surface area contributed by atoms with Crippen molar-refractivity contribution in [2.24, 2.45) is 0 Å². The molecule has 0 aliphatic carbocycles. The number of esters is 2. The summed E-state index contributed by atoms with van der Waals surface area (Å²) in [4.78, 5) is 25.9. The van der Waals surface area contributed by atoms with Gasteiger partial charge in [-0.25, -0.2) is 0 Å². The van der Waals surface area contributed by atoms with Gasteiger partial charge in [0, 0.05) is 25.7 Å². The van der Waals surface area contributed by atoms with Crippen LogP contribution in [-0.2, 0) is 19.1 Å². The van der Waals surface area contributed by atoms with Gasteiger partial charge in [0.1, 0.15) is 0 Å². The second-order valence-corrected chi connectivity index (χ2v) is 13.0. The summed E-state index contributed by atoms with van der Waals surface area (Å²) in [5.74, 6) is -1.46. The van der Waals surface area contributed by atoms with Crippen LogP contribution in [-0.4, -0.2) is 17.7 Å². The van der Waals surface area contributed by atoms with Crippen LogP contribution in [0.4, 0.5) is 0 Å². The molecule has 250 valence electrons. The van der Waals surface area contributed by atoms with E-state index in [1.165, 1.54) is 116 Å². The minimum Gasteiger partial charge on any atom is -0.422 e. The summed E-state index contributed by atoms with van der Waals surface area (Å²) in [5, 5.41) is 0. The lowest BCUT2D eigenvalue weighted by Crippen LogP contribution is -2.40. The molecule has 4 heteroatoms. The molecule has 4 nitrogen and oxygen atoms in total. The first-order chi connectivity index (χ1) is 20.5. The van der Waals surface area contributed by atoms with Crippen LogP contribution >= 0.6 is 0 Å². The molecule has 0 amide bonds. The van der Waals surface area contributed by atoms with Crippen molar-refractivity contribution < 1.29 is 19.1 Å². The molecular formula is C38H74O4. The Balaban J connectivity index is 4.46. The summed E-state index contributed by atoms with van der Waals surface area (Å²) >= 11 is 0. The maximum absolute atomic E-state index is 12.9. The maximum atomic E-state index is 12.9. The van der Waals surface area contributed by atoms with Crippen LogP contribution in [0.15, 0.2) is 0 Å². The molecule has 0 spiro atoms. The Morgan fingerprint density at radius 1 is 0.357 bits per heavy atom. The Morgan fingerprint density at radius 2 is 0.619 bits per heavy atom. The summed E-state index contributed by atoms with van der Waals surface area (Å²) in [6.07, 6.45) is 34.7. The normalized spacial score (nSPS) is 11.6. The zero-order valence-electron chi connectivity index (χ0n) is 29.1. The number of hydrogen-bond donors (Lipinski definition) is 0. The van der Waals surface area contributed by atoms with E-state index < -0.39 is 5.79 Å². The van der Waals surface area contributed by atoms with Gasteiger partial charge < -0.3 is 9.47 Å². The molecule has 0 atom stereocenters. The largest absolute Gasteiger partial charge is 0.422 e. The van der Waals surface area contributed by atoms with Crippen molar-refractivity contribution in [1.29, 1.82) is 0 Å². The van der Waals surface area contributed by atoms with Crippen molar-refractivity contribution in [3.8, 4) is 0 Å². The molecule has 0 fully saturated rings. The van der Waals surface area contributed by atoms with Crippen LogP contribution in [0.3, 0.4) is 0 Å². The summed E-state index contributed by atoms with van der Waals surface area (Å²) in [5.41, 5.74) is 0. The topological polar surface area (TPSA) is 52.6 Å². The molecule has 0 saturated heterocycles. The molecule has 0 N–H and O–H groups in total. The van der Waals surface area contributed by atoms with Gasteiger partial charge in [0.05, 0.1) is 0 Å². The molecule has 0 aromatic rings. The number of carbonyl (C=O) groups is 2. The number of unbranched alkanes of at least 4 members (excludes halogenated alkanes) is 23. The second-order valence-electron chi connectivity index (χ2n) is 13.0. The molecule has 0 rings (SSSR count). The van der Waals surface area contributed by atoms with E-state index in [2.05, 4.69) is 27.7 Å². The summed E-state index contributed by atoms with van der Waals surface area (Å²) in [7, 11) is 0. The van der Waals surface area contributed by atoms with Crippen molar-refractivity contribution in [1.82, 2.24) is 0 Å². The standard InChI is InChI=1S/C38H74O4/c1-5-9-13-15-17-19-21-23-25-27-29-32-36(39)41-38(34-12-8-4,35-31-11-7-3)42-37(40)33-30-28-26-24-22-20-18-16-14-10-6-2/h5-35H2,1-4H3. The molecule has 0 radical (unpaired) electrons. The lowest BCUT2D eigenvalue weighted by atomic mass is 10.0. The Bertz CT molecular complexity index is 548. The molecule has 0 saturated carbocycles. The first kappa shape index (κ1) is 40.9. The predicted octanol–water partition coefficient (Wildman–Crippen LogP) is 12.9. The van der Waals surface area contributed by atoms with Crippen LogP contribution in [0.2, 0.25) is 0 Å². The Hall–Kier alpha value is -1.06. The van der Waals surface area contributed by atoms with Gasteiger partial charge in [-0.2, -0.15) is 0 Å².